The van der Waals surface area contributed by atoms with Crippen molar-refractivity contribution in [2.45, 2.75) is 44.1 Å². The molecule has 0 heterocycles. The molecule has 0 aliphatic heterocycles. The minimum Gasteiger partial charge on any atom is -0.478 e. The van der Waals surface area contributed by atoms with Crippen molar-refractivity contribution in [3.05, 3.63) is 12.2 Å². The van der Waals surface area contributed by atoms with Crippen molar-refractivity contribution >= 4 is 11.9 Å². The number of carboxylic acids is 1. The first-order valence-electron chi connectivity index (χ1n) is 6.13. The van der Waals surface area contributed by atoms with Gasteiger partial charge < -0.3 is 9.84 Å². The van der Waals surface area contributed by atoms with Crippen molar-refractivity contribution in [3.63, 3.8) is 0 Å². The monoisotopic (exact) mass is 372 g/mol. The fourth-order valence-corrected chi connectivity index (χ4v) is 1.42. The van der Waals surface area contributed by atoms with Crippen LogP contribution in [0, 0.1) is 5.92 Å². The number of carbonyl (C=O) groups excluding carboxylic acids is 1. The summed E-state index contributed by atoms with van der Waals surface area (Å²) in [6.07, 6.45) is -8.55. The van der Waals surface area contributed by atoms with Crippen molar-refractivity contribution in [2.75, 3.05) is 0 Å². The highest BCUT2D eigenvalue weighted by molar-refractivity contribution is 5.90. The van der Waals surface area contributed by atoms with Crippen LogP contribution in [0.3, 0.4) is 0 Å². The van der Waals surface area contributed by atoms with Crippen LogP contribution in [0.2, 0.25) is 0 Å². The van der Waals surface area contributed by atoms with Crippen molar-refractivity contribution in [1.82, 2.24) is 0 Å². The van der Waals surface area contributed by atoms with Crippen LogP contribution in [0.15, 0.2) is 12.2 Å². The molecule has 0 unspecified atom stereocenters. The second kappa shape index (κ2) is 6.93. The molecule has 0 bridgehead atoms. The summed E-state index contributed by atoms with van der Waals surface area (Å²) in [5.41, 5.74) is 0. The molecule has 0 radical (unpaired) electrons. The van der Waals surface area contributed by atoms with E-state index in [1.54, 1.807) is 0 Å². The summed E-state index contributed by atoms with van der Waals surface area (Å²) in [6.45, 7) is 1.94. The molecule has 0 rings (SSSR count). The van der Waals surface area contributed by atoms with Crippen LogP contribution in [0.25, 0.3) is 0 Å². The Hall–Kier alpha value is -1.88. The van der Waals surface area contributed by atoms with Gasteiger partial charge in [0, 0.05) is 18.6 Å². The Bertz CT molecular complexity index is 513. The molecular formula is C12H12F8O4. The number of halogens is 8. The van der Waals surface area contributed by atoms with Gasteiger partial charge in [0.25, 0.3) is 0 Å². The number of aliphatic carboxylic acids is 1. The number of rotatable bonds is 8. The third kappa shape index (κ3) is 4.57. The van der Waals surface area contributed by atoms with E-state index in [1.165, 1.54) is 0 Å². The molecule has 0 aromatic carbocycles. The molecule has 0 atom stereocenters. The van der Waals surface area contributed by atoms with Crippen LogP contribution in [0.5, 0.6) is 0 Å². The summed E-state index contributed by atoms with van der Waals surface area (Å²) in [6, 6.07) is 0. The summed E-state index contributed by atoms with van der Waals surface area (Å²) in [5, 5.41) is 8.09. The Labute approximate surface area is 130 Å². The minimum atomic E-state index is -6.76. The van der Waals surface area contributed by atoms with Crippen LogP contribution < -0.4 is 0 Å². The summed E-state index contributed by atoms with van der Waals surface area (Å²) in [5.74, 6) is -24.4. The minimum absolute atomic E-state index is 0.109. The SMILES string of the molecule is CC(C)CC(F)(F)C(F)(F)C(F)(F)C(F)(F)OC(=O)/C=C/C(=O)O. The molecule has 4 nitrogen and oxygen atoms in total. The van der Waals surface area contributed by atoms with E-state index in [-0.39, 0.29) is 12.2 Å². The van der Waals surface area contributed by atoms with Gasteiger partial charge in [0.1, 0.15) is 0 Å². The average Bonchev–Trinajstić information content (AvgIpc) is 2.33. The first kappa shape index (κ1) is 22.1. The molecule has 0 aliphatic rings. The molecule has 0 aromatic rings. The lowest BCUT2D eigenvalue weighted by Gasteiger charge is -2.36. The van der Waals surface area contributed by atoms with Gasteiger partial charge >= 0.3 is 35.8 Å². The van der Waals surface area contributed by atoms with Gasteiger partial charge in [0.15, 0.2) is 0 Å². The van der Waals surface area contributed by atoms with E-state index in [2.05, 4.69) is 4.74 Å². The highest BCUT2D eigenvalue weighted by Gasteiger charge is 2.82. The molecule has 0 saturated carbocycles. The van der Waals surface area contributed by atoms with E-state index in [4.69, 9.17) is 5.11 Å². The molecule has 1 N–H and O–H groups in total. The number of alkyl halides is 8. The van der Waals surface area contributed by atoms with E-state index in [9.17, 15) is 44.7 Å². The van der Waals surface area contributed by atoms with Gasteiger partial charge in [-0.2, -0.15) is 35.1 Å². The molecule has 0 aliphatic carbocycles. The zero-order valence-electron chi connectivity index (χ0n) is 12.1. The fraction of sp³-hybridized carbons (Fsp3) is 0.667. The summed E-state index contributed by atoms with van der Waals surface area (Å²) >= 11 is 0. The van der Waals surface area contributed by atoms with Crippen molar-refractivity contribution in [2.24, 2.45) is 5.92 Å². The Morgan fingerprint density at radius 3 is 1.79 bits per heavy atom. The van der Waals surface area contributed by atoms with Gasteiger partial charge in [-0.1, -0.05) is 13.8 Å². The number of hydrogen-bond donors (Lipinski definition) is 1. The first-order chi connectivity index (χ1) is 10.5. The predicted octanol–water partition coefficient (Wildman–Crippen LogP) is 3.72. The first-order valence-corrected chi connectivity index (χ1v) is 6.13. The molecular weight excluding hydrogens is 360 g/mol. The summed E-state index contributed by atoms with van der Waals surface area (Å²) in [7, 11) is 0. The molecule has 140 valence electrons. The third-order valence-electron chi connectivity index (χ3n) is 2.47. The average molecular weight is 372 g/mol. The van der Waals surface area contributed by atoms with Gasteiger partial charge in [-0.25, -0.2) is 9.59 Å². The zero-order chi connectivity index (χ0) is 19.6. The van der Waals surface area contributed by atoms with E-state index in [0.29, 0.717) is 0 Å². The Kier molecular flexibility index (Phi) is 6.39. The van der Waals surface area contributed by atoms with E-state index in [0.717, 1.165) is 13.8 Å². The van der Waals surface area contributed by atoms with Gasteiger partial charge in [-0.05, 0) is 5.92 Å². The van der Waals surface area contributed by atoms with Gasteiger partial charge in [-0.15, -0.1) is 0 Å². The molecule has 0 saturated heterocycles. The highest BCUT2D eigenvalue weighted by atomic mass is 19.4. The molecule has 0 amide bonds. The van der Waals surface area contributed by atoms with Crippen molar-refractivity contribution in [1.29, 1.82) is 0 Å². The normalized spacial score (nSPS) is 14.3. The lowest BCUT2D eigenvalue weighted by atomic mass is 9.95. The second-order valence-corrected chi connectivity index (χ2v) is 5.06. The Balaban J connectivity index is 5.59. The maximum atomic E-state index is 13.3. The second-order valence-electron chi connectivity index (χ2n) is 5.06. The summed E-state index contributed by atoms with van der Waals surface area (Å²) < 4.78 is 109. The van der Waals surface area contributed by atoms with Crippen molar-refractivity contribution in [3.8, 4) is 0 Å². The number of carboxylic acid groups (broad SMARTS) is 1. The van der Waals surface area contributed by atoms with Crippen molar-refractivity contribution < 1.29 is 54.6 Å². The predicted molar refractivity (Wildman–Crippen MR) is 62.1 cm³/mol. The lowest BCUT2D eigenvalue weighted by Crippen LogP contribution is -2.63. The van der Waals surface area contributed by atoms with Gasteiger partial charge in [0.05, 0.1) is 0 Å². The van der Waals surface area contributed by atoms with E-state index < -0.39 is 48.2 Å². The standard InChI is InChI=1S/C12H12F8O4/c1-6(2)5-9(13,14)10(15,16)11(17,18)12(19,20)24-8(23)4-3-7(21)22/h3-4,6H,5H2,1-2H3,(H,21,22)/b4-3+. The molecule has 0 fully saturated rings. The maximum absolute atomic E-state index is 13.3. The molecule has 0 spiro atoms. The molecule has 24 heavy (non-hydrogen) atoms. The topological polar surface area (TPSA) is 63.6 Å². The third-order valence-corrected chi connectivity index (χ3v) is 2.47. The highest BCUT2D eigenvalue weighted by Crippen LogP contribution is 2.54. The largest absolute Gasteiger partial charge is 0.478 e. The van der Waals surface area contributed by atoms with Gasteiger partial charge in [0.2, 0.25) is 0 Å². The van der Waals surface area contributed by atoms with E-state index >= 15 is 0 Å². The van der Waals surface area contributed by atoms with Crippen LogP contribution in [-0.4, -0.2) is 40.9 Å². The Morgan fingerprint density at radius 2 is 1.42 bits per heavy atom. The maximum Gasteiger partial charge on any atom is 0.473 e. The summed E-state index contributed by atoms with van der Waals surface area (Å²) in [4.78, 5) is 20.8. The Morgan fingerprint density at radius 1 is 0.958 bits per heavy atom. The van der Waals surface area contributed by atoms with Crippen LogP contribution in [-0.2, 0) is 14.3 Å². The number of ether oxygens (including phenoxy) is 1. The number of esters is 1. The quantitative estimate of drug-likeness (QED) is 0.401. The van der Waals surface area contributed by atoms with Crippen LogP contribution in [0.4, 0.5) is 35.1 Å². The number of hydrogen-bond acceptors (Lipinski definition) is 3. The number of carbonyl (C=O) groups is 2. The zero-order valence-corrected chi connectivity index (χ0v) is 12.1. The fourth-order valence-electron chi connectivity index (χ4n) is 1.42. The smallest absolute Gasteiger partial charge is 0.473 e. The van der Waals surface area contributed by atoms with Crippen LogP contribution in [0.1, 0.15) is 20.3 Å². The lowest BCUT2D eigenvalue weighted by molar-refractivity contribution is -0.417. The van der Waals surface area contributed by atoms with E-state index in [1.807, 2.05) is 0 Å². The molecule has 12 heteroatoms. The van der Waals surface area contributed by atoms with Gasteiger partial charge in [-0.3, -0.25) is 0 Å². The molecule has 0 aromatic heterocycles. The van der Waals surface area contributed by atoms with Crippen LogP contribution >= 0.6 is 0 Å².